The highest BCUT2D eigenvalue weighted by molar-refractivity contribution is 7.92. The van der Waals surface area contributed by atoms with Crippen molar-refractivity contribution < 1.29 is 18.0 Å². The van der Waals surface area contributed by atoms with Crippen LogP contribution in [-0.2, 0) is 32.6 Å². The molecule has 39 heavy (non-hydrogen) atoms. The first kappa shape index (κ1) is 30.5. The van der Waals surface area contributed by atoms with Crippen molar-refractivity contribution in [1.29, 1.82) is 0 Å². The SMILES string of the molecule is CCCCNC(=O)[C@@H](Cc1ccccc1)N(Cc1ccccc1)C(=O)CN(c1cc(Cl)cc(Cl)c1)S(C)(=O)=O. The average molecular weight is 591 g/mol. The van der Waals surface area contributed by atoms with Crippen LogP contribution in [0.1, 0.15) is 30.9 Å². The fourth-order valence-electron chi connectivity index (χ4n) is 4.14. The predicted molar refractivity (Wildman–Crippen MR) is 157 cm³/mol. The predicted octanol–water partition coefficient (Wildman–Crippen LogP) is 5.32. The van der Waals surface area contributed by atoms with E-state index in [1.165, 1.54) is 23.1 Å². The molecule has 7 nitrogen and oxygen atoms in total. The lowest BCUT2D eigenvalue weighted by atomic mass is 10.0. The molecule has 208 valence electrons. The standard InChI is InChI=1S/C29H33Cl2N3O4S/c1-3-4-15-32-29(36)27(16-22-11-7-5-8-12-22)33(20-23-13-9-6-10-14-23)28(35)21-34(39(2,37)38)26-18-24(30)17-25(31)19-26/h5-14,17-19,27H,3-4,15-16,20-21H2,1-2H3,(H,32,36)/t27-/m1/s1. The number of carbonyl (C=O) groups excluding carboxylic acids is 2. The van der Waals surface area contributed by atoms with Gasteiger partial charge in [-0.05, 0) is 35.7 Å². The molecule has 0 saturated carbocycles. The summed E-state index contributed by atoms with van der Waals surface area (Å²) in [7, 11) is -3.91. The van der Waals surface area contributed by atoms with Crippen molar-refractivity contribution >= 4 is 50.7 Å². The van der Waals surface area contributed by atoms with Crippen LogP contribution in [0.4, 0.5) is 5.69 Å². The minimum Gasteiger partial charge on any atom is -0.354 e. The number of nitrogens with one attached hydrogen (secondary N) is 1. The first-order chi connectivity index (χ1) is 18.6. The number of amides is 2. The monoisotopic (exact) mass is 589 g/mol. The van der Waals surface area contributed by atoms with Gasteiger partial charge in [0.15, 0.2) is 0 Å². The van der Waals surface area contributed by atoms with Gasteiger partial charge in [-0.3, -0.25) is 13.9 Å². The van der Waals surface area contributed by atoms with Crippen LogP contribution in [0, 0.1) is 0 Å². The third kappa shape index (κ3) is 9.27. The molecule has 0 aliphatic rings. The van der Waals surface area contributed by atoms with E-state index >= 15 is 0 Å². The molecule has 3 aromatic rings. The van der Waals surface area contributed by atoms with Crippen LogP contribution in [0.15, 0.2) is 78.9 Å². The Morgan fingerprint density at radius 3 is 2.00 bits per heavy atom. The molecule has 0 aliphatic heterocycles. The van der Waals surface area contributed by atoms with E-state index in [-0.39, 0.29) is 34.6 Å². The summed E-state index contributed by atoms with van der Waals surface area (Å²) in [5.41, 5.74) is 1.84. The van der Waals surface area contributed by atoms with E-state index in [4.69, 9.17) is 23.2 Å². The quantitative estimate of drug-likeness (QED) is 0.273. The van der Waals surface area contributed by atoms with E-state index < -0.39 is 28.5 Å². The van der Waals surface area contributed by atoms with Crippen molar-refractivity contribution in [3.8, 4) is 0 Å². The van der Waals surface area contributed by atoms with Crippen LogP contribution in [0.2, 0.25) is 10.0 Å². The topological polar surface area (TPSA) is 86.8 Å². The summed E-state index contributed by atoms with van der Waals surface area (Å²) in [5.74, 6) is -0.833. The molecule has 3 rings (SSSR count). The second kappa shape index (κ2) is 14.4. The number of carbonyl (C=O) groups is 2. The molecule has 0 heterocycles. The van der Waals surface area contributed by atoms with Gasteiger partial charge >= 0.3 is 0 Å². The number of anilines is 1. The van der Waals surface area contributed by atoms with Crippen molar-refractivity contribution in [2.45, 2.75) is 38.8 Å². The van der Waals surface area contributed by atoms with Crippen molar-refractivity contribution in [3.05, 3.63) is 100 Å². The number of benzene rings is 3. The van der Waals surface area contributed by atoms with Gasteiger partial charge in [-0.1, -0.05) is 97.2 Å². The number of rotatable bonds is 13. The Hall–Kier alpha value is -3.07. The Balaban J connectivity index is 2.03. The summed E-state index contributed by atoms with van der Waals surface area (Å²) < 4.78 is 26.6. The summed E-state index contributed by atoms with van der Waals surface area (Å²) in [6.45, 7) is 2.09. The maximum Gasteiger partial charge on any atom is 0.244 e. The highest BCUT2D eigenvalue weighted by Gasteiger charge is 2.33. The van der Waals surface area contributed by atoms with E-state index in [0.717, 1.165) is 34.5 Å². The molecule has 2 amide bonds. The molecule has 0 aromatic heterocycles. The average Bonchev–Trinajstić information content (AvgIpc) is 2.89. The van der Waals surface area contributed by atoms with Crippen LogP contribution >= 0.6 is 23.2 Å². The van der Waals surface area contributed by atoms with Gasteiger partial charge < -0.3 is 10.2 Å². The molecule has 0 fully saturated rings. The highest BCUT2D eigenvalue weighted by Crippen LogP contribution is 2.27. The first-order valence-corrected chi connectivity index (χ1v) is 15.3. The van der Waals surface area contributed by atoms with Gasteiger partial charge in [0.25, 0.3) is 0 Å². The first-order valence-electron chi connectivity index (χ1n) is 12.7. The highest BCUT2D eigenvalue weighted by atomic mass is 35.5. The summed E-state index contributed by atoms with van der Waals surface area (Å²) >= 11 is 12.3. The second-order valence-electron chi connectivity index (χ2n) is 9.25. The number of unbranched alkanes of at least 4 members (excludes halogenated alkanes) is 1. The Morgan fingerprint density at radius 1 is 0.897 bits per heavy atom. The Kier molecular flexibility index (Phi) is 11.2. The largest absolute Gasteiger partial charge is 0.354 e. The van der Waals surface area contributed by atoms with Crippen molar-refractivity contribution in [3.63, 3.8) is 0 Å². The van der Waals surface area contributed by atoms with E-state index in [0.29, 0.717) is 6.54 Å². The van der Waals surface area contributed by atoms with Crippen molar-refractivity contribution in [1.82, 2.24) is 10.2 Å². The number of nitrogens with zero attached hydrogens (tertiary/aromatic N) is 2. The zero-order valence-electron chi connectivity index (χ0n) is 22.0. The molecule has 0 saturated heterocycles. The zero-order chi connectivity index (χ0) is 28.4. The lowest BCUT2D eigenvalue weighted by Crippen LogP contribution is -2.53. The van der Waals surface area contributed by atoms with E-state index in [9.17, 15) is 18.0 Å². The van der Waals surface area contributed by atoms with Crippen LogP contribution < -0.4 is 9.62 Å². The van der Waals surface area contributed by atoms with E-state index in [1.54, 1.807) is 0 Å². The number of halogens is 2. The Bertz CT molecular complexity index is 1340. The van der Waals surface area contributed by atoms with Gasteiger partial charge in [-0.2, -0.15) is 0 Å². The van der Waals surface area contributed by atoms with Gasteiger partial charge in [-0.15, -0.1) is 0 Å². The van der Waals surface area contributed by atoms with Gasteiger partial charge in [0.2, 0.25) is 21.8 Å². The molecule has 1 N–H and O–H groups in total. The van der Waals surface area contributed by atoms with Crippen molar-refractivity contribution in [2.24, 2.45) is 0 Å². The van der Waals surface area contributed by atoms with Gasteiger partial charge in [-0.25, -0.2) is 8.42 Å². The normalized spacial score (nSPS) is 12.0. The smallest absolute Gasteiger partial charge is 0.244 e. The molecular formula is C29H33Cl2N3O4S. The maximum atomic E-state index is 14.0. The van der Waals surface area contributed by atoms with Crippen LogP contribution in [-0.4, -0.2) is 50.5 Å². The van der Waals surface area contributed by atoms with Crippen LogP contribution in [0.5, 0.6) is 0 Å². The molecule has 10 heteroatoms. The summed E-state index contributed by atoms with van der Waals surface area (Å²) in [6.07, 6.45) is 2.98. The number of hydrogen-bond donors (Lipinski definition) is 1. The van der Waals surface area contributed by atoms with Gasteiger partial charge in [0, 0.05) is 29.6 Å². The van der Waals surface area contributed by atoms with E-state index in [1.807, 2.05) is 67.6 Å². The second-order valence-corrected chi connectivity index (χ2v) is 12.0. The number of sulfonamides is 1. The molecular weight excluding hydrogens is 557 g/mol. The van der Waals surface area contributed by atoms with Crippen LogP contribution in [0.25, 0.3) is 0 Å². The molecule has 1 atom stereocenters. The lowest BCUT2D eigenvalue weighted by molar-refractivity contribution is -0.140. The van der Waals surface area contributed by atoms with Crippen LogP contribution in [0.3, 0.4) is 0 Å². The lowest BCUT2D eigenvalue weighted by Gasteiger charge is -2.33. The molecule has 0 bridgehead atoms. The van der Waals surface area contributed by atoms with Gasteiger partial charge in [0.05, 0.1) is 11.9 Å². The summed E-state index contributed by atoms with van der Waals surface area (Å²) in [5, 5.41) is 3.42. The van der Waals surface area contributed by atoms with Crippen molar-refractivity contribution in [2.75, 3.05) is 23.7 Å². The molecule has 0 unspecified atom stereocenters. The minimum absolute atomic E-state index is 0.117. The number of hydrogen-bond acceptors (Lipinski definition) is 4. The fraction of sp³-hybridized carbons (Fsp3) is 0.310. The molecule has 0 spiro atoms. The maximum absolute atomic E-state index is 14.0. The summed E-state index contributed by atoms with van der Waals surface area (Å²) in [6, 6.07) is 22.2. The molecule has 0 radical (unpaired) electrons. The molecule has 3 aromatic carbocycles. The molecule has 0 aliphatic carbocycles. The van der Waals surface area contributed by atoms with E-state index in [2.05, 4.69) is 5.32 Å². The Labute approximate surface area is 240 Å². The fourth-order valence-corrected chi connectivity index (χ4v) is 5.49. The third-order valence-electron chi connectivity index (χ3n) is 6.11. The van der Waals surface area contributed by atoms with Gasteiger partial charge in [0.1, 0.15) is 12.6 Å². The third-order valence-corrected chi connectivity index (χ3v) is 7.69. The Morgan fingerprint density at radius 2 is 1.46 bits per heavy atom. The minimum atomic E-state index is -3.91. The summed E-state index contributed by atoms with van der Waals surface area (Å²) in [4.78, 5) is 29.0. The zero-order valence-corrected chi connectivity index (χ0v) is 24.3.